The summed E-state index contributed by atoms with van der Waals surface area (Å²) in [5.41, 5.74) is 5.95. The van der Waals surface area contributed by atoms with Gasteiger partial charge in [-0.1, -0.05) is 43.5 Å². The van der Waals surface area contributed by atoms with Crippen molar-refractivity contribution < 1.29 is 18.0 Å². The monoisotopic (exact) mass is 315 g/mol. The maximum atomic E-state index is 12.6. The summed E-state index contributed by atoms with van der Waals surface area (Å²) in [6.07, 6.45) is 0.0950. The molecule has 0 fully saturated rings. The third-order valence-corrected chi connectivity index (χ3v) is 3.09. The Morgan fingerprint density at radius 3 is 2.36 bits per heavy atom. The largest absolute Gasteiger partial charge is 0.416 e. The highest BCUT2D eigenvalue weighted by atomic mass is 19.4. The Morgan fingerprint density at radius 1 is 1.14 bits per heavy atom. The first kappa shape index (κ1) is 18.5. The third kappa shape index (κ3) is 6.47. The Bertz CT molecular complexity index is 455. The molecular weight excluding hydrogens is 293 g/mol. The third-order valence-electron chi connectivity index (χ3n) is 3.09. The molecule has 3 nitrogen and oxygen atoms in total. The number of halogens is 3. The van der Waals surface area contributed by atoms with E-state index in [1.54, 1.807) is 0 Å². The molecule has 1 aromatic rings. The molecule has 1 rings (SSSR count). The Morgan fingerprint density at radius 2 is 1.82 bits per heavy atom. The molecule has 0 saturated heterocycles. The van der Waals surface area contributed by atoms with Gasteiger partial charge in [0.15, 0.2) is 0 Å². The fraction of sp³-hybridized carbons (Fsp3) is 0.500. The summed E-state index contributed by atoms with van der Waals surface area (Å²) in [5.74, 6) is 0. The van der Waals surface area contributed by atoms with Crippen LogP contribution in [0.2, 0.25) is 0 Å². The summed E-state index contributed by atoms with van der Waals surface area (Å²) in [6.45, 7) is 4.40. The van der Waals surface area contributed by atoms with E-state index in [9.17, 15) is 13.2 Å². The van der Waals surface area contributed by atoms with Crippen LogP contribution in [-0.2, 0) is 11.0 Å². The zero-order chi connectivity index (χ0) is 16.4. The average molecular weight is 315 g/mol. The number of oxime groups is 1. The lowest BCUT2D eigenvalue weighted by Gasteiger charge is -2.10. The number of hydrogen-bond donors (Lipinski definition) is 1. The maximum absolute atomic E-state index is 12.6. The van der Waals surface area contributed by atoms with Gasteiger partial charge >= 0.3 is 6.18 Å². The van der Waals surface area contributed by atoms with Gasteiger partial charge < -0.3 is 10.6 Å². The van der Waals surface area contributed by atoms with Gasteiger partial charge in [0.2, 0.25) is 0 Å². The van der Waals surface area contributed by atoms with Crippen LogP contribution in [0.4, 0.5) is 13.2 Å². The molecule has 1 radical (unpaired) electrons. The number of unbranched alkanes of at least 4 members (excludes halogenated alkanes) is 3. The lowest BCUT2D eigenvalue weighted by Crippen LogP contribution is -2.09. The molecule has 1 aromatic carbocycles. The quantitative estimate of drug-likeness (QED) is 0.422. The first-order chi connectivity index (χ1) is 10.5. The standard InChI is InChI=1S/C16H22F3N2O/c1-2-3-4-5-6-15(21-22-12-11-20)13-7-9-14(10-8-13)16(17,18)19/h7-10H,1-6,11-12,20H2. The molecule has 22 heavy (non-hydrogen) atoms. The van der Waals surface area contributed by atoms with Crippen LogP contribution < -0.4 is 5.73 Å². The van der Waals surface area contributed by atoms with Crippen molar-refractivity contribution in [3.63, 3.8) is 0 Å². The molecular formula is C16H22F3N2O. The van der Waals surface area contributed by atoms with E-state index in [1.807, 2.05) is 0 Å². The molecule has 0 aliphatic carbocycles. The Labute approximate surface area is 129 Å². The highest BCUT2D eigenvalue weighted by Crippen LogP contribution is 2.29. The number of nitrogens with two attached hydrogens (primary N) is 1. The van der Waals surface area contributed by atoms with E-state index in [4.69, 9.17) is 10.6 Å². The van der Waals surface area contributed by atoms with Crippen molar-refractivity contribution in [2.45, 2.75) is 38.3 Å². The van der Waals surface area contributed by atoms with E-state index >= 15 is 0 Å². The van der Waals surface area contributed by atoms with E-state index in [0.29, 0.717) is 24.2 Å². The lowest BCUT2D eigenvalue weighted by molar-refractivity contribution is -0.137. The SMILES string of the molecule is [CH2]CCCCCC(=NOCCN)c1ccc(C(F)(F)F)cc1. The van der Waals surface area contributed by atoms with Crippen molar-refractivity contribution >= 4 is 5.71 Å². The fourth-order valence-corrected chi connectivity index (χ4v) is 1.92. The first-order valence-electron chi connectivity index (χ1n) is 7.34. The average Bonchev–Trinajstić information content (AvgIpc) is 2.49. The lowest BCUT2D eigenvalue weighted by atomic mass is 10.0. The molecule has 0 bridgehead atoms. The van der Waals surface area contributed by atoms with Crippen molar-refractivity contribution in [3.05, 3.63) is 42.3 Å². The molecule has 2 N–H and O–H groups in total. The number of rotatable bonds is 9. The van der Waals surface area contributed by atoms with Crippen LogP contribution in [-0.4, -0.2) is 18.9 Å². The summed E-state index contributed by atoms with van der Waals surface area (Å²) in [5, 5.41) is 4.01. The van der Waals surface area contributed by atoms with Crippen LogP contribution in [0, 0.1) is 6.92 Å². The molecule has 0 unspecified atom stereocenters. The van der Waals surface area contributed by atoms with Crippen LogP contribution in [0.3, 0.4) is 0 Å². The van der Waals surface area contributed by atoms with Gasteiger partial charge in [-0.3, -0.25) is 0 Å². The zero-order valence-electron chi connectivity index (χ0n) is 12.5. The van der Waals surface area contributed by atoms with Crippen molar-refractivity contribution in [2.75, 3.05) is 13.2 Å². The fourth-order valence-electron chi connectivity index (χ4n) is 1.92. The van der Waals surface area contributed by atoms with Gasteiger partial charge in [-0.05, 0) is 30.5 Å². The van der Waals surface area contributed by atoms with Crippen molar-refractivity contribution in [1.29, 1.82) is 0 Å². The summed E-state index contributed by atoms with van der Waals surface area (Å²) in [7, 11) is 0. The number of benzene rings is 1. The van der Waals surface area contributed by atoms with Gasteiger partial charge in [-0.15, -0.1) is 0 Å². The predicted octanol–water partition coefficient (Wildman–Crippen LogP) is 4.17. The van der Waals surface area contributed by atoms with E-state index in [-0.39, 0.29) is 6.61 Å². The van der Waals surface area contributed by atoms with Crippen LogP contribution in [0.25, 0.3) is 0 Å². The predicted molar refractivity (Wildman–Crippen MR) is 81.4 cm³/mol. The number of nitrogens with zero attached hydrogens (tertiary/aromatic N) is 1. The highest BCUT2D eigenvalue weighted by molar-refractivity contribution is 6.00. The molecule has 0 aliphatic rings. The highest BCUT2D eigenvalue weighted by Gasteiger charge is 2.30. The Balaban J connectivity index is 2.78. The second-order valence-electron chi connectivity index (χ2n) is 4.90. The van der Waals surface area contributed by atoms with Gasteiger partial charge in [-0.25, -0.2) is 0 Å². The minimum absolute atomic E-state index is 0.281. The minimum Gasteiger partial charge on any atom is -0.394 e. The Hall–Kier alpha value is -1.56. The van der Waals surface area contributed by atoms with Crippen LogP contribution in [0.5, 0.6) is 0 Å². The van der Waals surface area contributed by atoms with Crippen LogP contribution in [0.1, 0.15) is 43.2 Å². The van der Waals surface area contributed by atoms with Gasteiger partial charge in [0.05, 0.1) is 11.3 Å². The maximum Gasteiger partial charge on any atom is 0.416 e. The molecule has 0 spiro atoms. The molecule has 0 amide bonds. The van der Waals surface area contributed by atoms with E-state index < -0.39 is 11.7 Å². The van der Waals surface area contributed by atoms with E-state index in [2.05, 4.69) is 12.1 Å². The molecule has 0 heterocycles. The van der Waals surface area contributed by atoms with Crippen molar-refractivity contribution in [3.8, 4) is 0 Å². The molecule has 0 saturated carbocycles. The topological polar surface area (TPSA) is 47.6 Å². The van der Waals surface area contributed by atoms with E-state index in [1.165, 1.54) is 12.1 Å². The smallest absolute Gasteiger partial charge is 0.394 e. The summed E-state index contributed by atoms with van der Waals surface area (Å²) in [6, 6.07) is 4.97. The van der Waals surface area contributed by atoms with Crippen molar-refractivity contribution in [2.24, 2.45) is 10.9 Å². The molecule has 0 aliphatic heterocycles. The summed E-state index contributed by atoms with van der Waals surface area (Å²) < 4.78 is 37.7. The summed E-state index contributed by atoms with van der Waals surface area (Å²) in [4.78, 5) is 5.08. The number of hydrogen-bond acceptors (Lipinski definition) is 3. The Kier molecular flexibility index (Phi) is 7.95. The molecule has 6 heteroatoms. The normalized spacial score (nSPS) is 12.5. The molecule has 0 atom stereocenters. The van der Waals surface area contributed by atoms with Crippen LogP contribution >= 0.6 is 0 Å². The molecule has 123 valence electrons. The van der Waals surface area contributed by atoms with Gasteiger partial charge in [0, 0.05) is 6.54 Å². The van der Waals surface area contributed by atoms with Gasteiger partial charge in [-0.2, -0.15) is 13.2 Å². The second-order valence-corrected chi connectivity index (χ2v) is 4.90. The summed E-state index contributed by atoms with van der Waals surface area (Å²) >= 11 is 0. The van der Waals surface area contributed by atoms with Gasteiger partial charge in [0.25, 0.3) is 0 Å². The molecule has 0 aromatic heterocycles. The van der Waals surface area contributed by atoms with Crippen LogP contribution in [0.15, 0.2) is 29.4 Å². The zero-order valence-corrected chi connectivity index (χ0v) is 12.5. The van der Waals surface area contributed by atoms with E-state index in [0.717, 1.165) is 37.8 Å². The first-order valence-corrected chi connectivity index (χ1v) is 7.34. The van der Waals surface area contributed by atoms with Crippen molar-refractivity contribution in [1.82, 2.24) is 0 Å². The second kappa shape index (κ2) is 9.46. The van der Waals surface area contributed by atoms with Gasteiger partial charge in [0.1, 0.15) is 6.61 Å². The minimum atomic E-state index is -4.33. The number of alkyl halides is 3.